The first-order valence-corrected chi connectivity index (χ1v) is 7.77. The van der Waals surface area contributed by atoms with Crippen LogP contribution in [0.25, 0.3) is 22.2 Å². The molecular formula is C18H16BrNO2. The largest absolute Gasteiger partial charge is 0.364 e. The molecule has 4 heteroatoms. The SMILES string of the molecule is COC(O)c1c(C)c(-c2ccccc2)nc2ccc(Br)cc12. The van der Waals surface area contributed by atoms with E-state index in [0.717, 1.165) is 37.8 Å². The number of benzene rings is 2. The zero-order valence-corrected chi connectivity index (χ0v) is 14.0. The first kappa shape index (κ1) is 15.2. The van der Waals surface area contributed by atoms with E-state index in [1.54, 1.807) is 0 Å². The number of aliphatic hydroxyl groups is 1. The molecule has 22 heavy (non-hydrogen) atoms. The summed E-state index contributed by atoms with van der Waals surface area (Å²) in [7, 11) is 1.50. The summed E-state index contributed by atoms with van der Waals surface area (Å²) in [5, 5.41) is 11.2. The van der Waals surface area contributed by atoms with Gasteiger partial charge in [0.2, 0.25) is 0 Å². The second kappa shape index (κ2) is 6.16. The monoisotopic (exact) mass is 357 g/mol. The minimum Gasteiger partial charge on any atom is -0.364 e. The van der Waals surface area contributed by atoms with Crippen molar-refractivity contribution in [2.75, 3.05) is 7.11 Å². The topological polar surface area (TPSA) is 42.4 Å². The summed E-state index contributed by atoms with van der Waals surface area (Å²) in [6.45, 7) is 1.97. The fourth-order valence-corrected chi connectivity index (χ4v) is 3.03. The maximum Gasteiger partial charge on any atom is 0.181 e. The lowest BCUT2D eigenvalue weighted by Crippen LogP contribution is -2.06. The van der Waals surface area contributed by atoms with Gasteiger partial charge >= 0.3 is 0 Å². The average Bonchev–Trinajstić information content (AvgIpc) is 2.54. The van der Waals surface area contributed by atoms with Gasteiger partial charge in [0.05, 0.1) is 11.2 Å². The molecule has 0 amide bonds. The van der Waals surface area contributed by atoms with Crippen LogP contribution in [0.1, 0.15) is 17.4 Å². The van der Waals surface area contributed by atoms with Gasteiger partial charge < -0.3 is 9.84 Å². The highest BCUT2D eigenvalue weighted by atomic mass is 79.9. The summed E-state index contributed by atoms with van der Waals surface area (Å²) in [5.74, 6) is 0. The lowest BCUT2D eigenvalue weighted by Gasteiger charge is -2.18. The highest BCUT2D eigenvalue weighted by molar-refractivity contribution is 9.10. The van der Waals surface area contributed by atoms with E-state index in [0.29, 0.717) is 0 Å². The predicted octanol–water partition coefficient (Wildman–Crippen LogP) is 4.61. The van der Waals surface area contributed by atoms with Crippen molar-refractivity contribution >= 4 is 26.8 Å². The normalized spacial score (nSPS) is 12.5. The zero-order chi connectivity index (χ0) is 15.7. The number of nitrogens with zero attached hydrogens (tertiary/aromatic N) is 1. The van der Waals surface area contributed by atoms with Gasteiger partial charge in [0.25, 0.3) is 0 Å². The highest BCUT2D eigenvalue weighted by Crippen LogP contribution is 2.34. The number of methoxy groups -OCH3 is 1. The summed E-state index contributed by atoms with van der Waals surface area (Å²) >= 11 is 3.48. The molecule has 0 spiro atoms. The van der Waals surface area contributed by atoms with Crippen molar-refractivity contribution in [1.29, 1.82) is 0 Å². The van der Waals surface area contributed by atoms with Crippen molar-refractivity contribution in [3.05, 3.63) is 64.1 Å². The van der Waals surface area contributed by atoms with Gasteiger partial charge in [-0.05, 0) is 30.7 Å². The van der Waals surface area contributed by atoms with E-state index in [2.05, 4.69) is 15.9 Å². The van der Waals surface area contributed by atoms with Crippen molar-refractivity contribution in [2.45, 2.75) is 13.2 Å². The molecule has 1 atom stereocenters. The van der Waals surface area contributed by atoms with Crippen molar-refractivity contribution in [1.82, 2.24) is 4.98 Å². The van der Waals surface area contributed by atoms with E-state index in [-0.39, 0.29) is 0 Å². The van der Waals surface area contributed by atoms with Crippen LogP contribution >= 0.6 is 15.9 Å². The van der Waals surface area contributed by atoms with Crippen LogP contribution in [0.5, 0.6) is 0 Å². The van der Waals surface area contributed by atoms with Gasteiger partial charge in [-0.1, -0.05) is 46.3 Å². The molecule has 0 fully saturated rings. The van der Waals surface area contributed by atoms with Crippen molar-refractivity contribution < 1.29 is 9.84 Å². The van der Waals surface area contributed by atoms with Crippen LogP contribution in [0.2, 0.25) is 0 Å². The summed E-state index contributed by atoms with van der Waals surface area (Å²) < 4.78 is 6.11. The first-order chi connectivity index (χ1) is 10.6. The molecule has 1 heterocycles. The van der Waals surface area contributed by atoms with E-state index in [1.165, 1.54) is 7.11 Å². The van der Waals surface area contributed by atoms with Crippen LogP contribution < -0.4 is 0 Å². The molecule has 1 aromatic heterocycles. The second-order valence-electron chi connectivity index (χ2n) is 5.11. The molecule has 112 valence electrons. The fourth-order valence-electron chi connectivity index (χ4n) is 2.67. The molecule has 1 N–H and O–H groups in total. The van der Waals surface area contributed by atoms with Gasteiger partial charge in [0.15, 0.2) is 6.29 Å². The molecule has 2 aromatic carbocycles. The van der Waals surface area contributed by atoms with E-state index in [9.17, 15) is 5.11 Å². The maximum atomic E-state index is 10.3. The molecule has 0 saturated carbocycles. The Morgan fingerprint density at radius 3 is 2.55 bits per heavy atom. The van der Waals surface area contributed by atoms with Crippen molar-refractivity contribution in [3.8, 4) is 11.3 Å². The van der Waals surface area contributed by atoms with Crippen LogP contribution in [0.15, 0.2) is 53.0 Å². The van der Waals surface area contributed by atoms with E-state index < -0.39 is 6.29 Å². The molecule has 0 aliphatic heterocycles. The van der Waals surface area contributed by atoms with Crippen LogP contribution in [0.4, 0.5) is 0 Å². The predicted molar refractivity (Wildman–Crippen MR) is 91.6 cm³/mol. The number of hydrogen-bond donors (Lipinski definition) is 1. The van der Waals surface area contributed by atoms with E-state index >= 15 is 0 Å². The number of pyridine rings is 1. The number of fused-ring (bicyclic) bond motifs is 1. The van der Waals surface area contributed by atoms with Crippen LogP contribution in [-0.4, -0.2) is 17.2 Å². The maximum absolute atomic E-state index is 10.3. The summed E-state index contributed by atoms with van der Waals surface area (Å²) in [5.41, 5.74) is 4.40. The Morgan fingerprint density at radius 2 is 1.86 bits per heavy atom. The summed E-state index contributed by atoms with van der Waals surface area (Å²) in [6, 6.07) is 15.8. The number of aliphatic hydroxyl groups excluding tert-OH is 1. The van der Waals surface area contributed by atoms with Gasteiger partial charge in [-0.25, -0.2) is 4.98 Å². The Bertz CT molecular complexity index is 818. The van der Waals surface area contributed by atoms with E-state index in [4.69, 9.17) is 9.72 Å². The van der Waals surface area contributed by atoms with Gasteiger partial charge in [-0.15, -0.1) is 0 Å². The Hall–Kier alpha value is -1.75. The molecular weight excluding hydrogens is 342 g/mol. The molecule has 1 unspecified atom stereocenters. The third-order valence-corrected chi connectivity index (χ3v) is 4.25. The average molecular weight is 358 g/mol. The summed E-state index contributed by atoms with van der Waals surface area (Å²) in [4.78, 5) is 4.78. The zero-order valence-electron chi connectivity index (χ0n) is 12.4. The van der Waals surface area contributed by atoms with Gasteiger partial charge in [-0.2, -0.15) is 0 Å². The standard InChI is InChI=1S/C18H16BrNO2/c1-11-16(18(21)22-2)14-10-13(19)8-9-15(14)20-17(11)12-6-4-3-5-7-12/h3-10,18,21H,1-2H3. The minimum atomic E-state index is -0.984. The van der Waals surface area contributed by atoms with Crippen LogP contribution in [0, 0.1) is 6.92 Å². The quantitative estimate of drug-likeness (QED) is 0.696. The molecule has 0 radical (unpaired) electrons. The number of aromatic nitrogens is 1. The van der Waals surface area contributed by atoms with Gasteiger partial charge in [0.1, 0.15) is 0 Å². The Morgan fingerprint density at radius 1 is 1.14 bits per heavy atom. The second-order valence-corrected chi connectivity index (χ2v) is 6.03. The van der Waals surface area contributed by atoms with Gasteiger partial charge in [0, 0.05) is 28.1 Å². The summed E-state index contributed by atoms with van der Waals surface area (Å²) in [6.07, 6.45) is -0.984. The smallest absolute Gasteiger partial charge is 0.181 e. The van der Waals surface area contributed by atoms with Crippen LogP contribution in [0.3, 0.4) is 0 Å². The Kier molecular flexibility index (Phi) is 4.25. The highest BCUT2D eigenvalue weighted by Gasteiger charge is 2.19. The number of ether oxygens (including phenoxy) is 1. The lowest BCUT2D eigenvalue weighted by molar-refractivity contribution is -0.0762. The Balaban J connectivity index is 2.36. The van der Waals surface area contributed by atoms with Crippen LogP contribution in [-0.2, 0) is 4.74 Å². The minimum absolute atomic E-state index is 0.757. The van der Waals surface area contributed by atoms with Crippen molar-refractivity contribution in [3.63, 3.8) is 0 Å². The van der Waals surface area contributed by atoms with Gasteiger partial charge in [-0.3, -0.25) is 0 Å². The third kappa shape index (κ3) is 2.65. The fraction of sp³-hybridized carbons (Fsp3) is 0.167. The molecule has 0 bridgehead atoms. The van der Waals surface area contributed by atoms with E-state index in [1.807, 2.05) is 55.5 Å². The number of halogens is 1. The molecule has 3 rings (SSSR count). The Labute approximate surface area is 137 Å². The molecule has 0 aliphatic rings. The first-order valence-electron chi connectivity index (χ1n) is 6.98. The molecule has 0 saturated heterocycles. The molecule has 0 aliphatic carbocycles. The lowest BCUT2D eigenvalue weighted by atomic mass is 9.97. The number of hydrogen-bond acceptors (Lipinski definition) is 3. The molecule has 3 nitrogen and oxygen atoms in total. The van der Waals surface area contributed by atoms with Crippen molar-refractivity contribution in [2.24, 2.45) is 0 Å². The third-order valence-electron chi connectivity index (χ3n) is 3.76. The number of rotatable bonds is 3. The molecule has 3 aromatic rings.